The van der Waals surface area contributed by atoms with Crippen LogP contribution >= 0.6 is 11.6 Å². The number of pyridine rings is 1. The van der Waals surface area contributed by atoms with Gasteiger partial charge in [0.1, 0.15) is 5.69 Å². The number of alkyl halides is 3. The van der Waals surface area contributed by atoms with Crippen molar-refractivity contribution in [2.24, 2.45) is 0 Å². The van der Waals surface area contributed by atoms with Crippen molar-refractivity contribution in [3.63, 3.8) is 0 Å². The molecule has 0 bridgehead atoms. The summed E-state index contributed by atoms with van der Waals surface area (Å²) in [5, 5.41) is 7.06. The molecule has 1 amide bonds. The maximum atomic E-state index is 13.5. The number of halogens is 4. The van der Waals surface area contributed by atoms with Crippen molar-refractivity contribution in [1.82, 2.24) is 10.3 Å². The number of nitrogens with one attached hydrogen (secondary N) is 3. The summed E-state index contributed by atoms with van der Waals surface area (Å²) >= 11 is 6.09. The minimum atomic E-state index is -4.60. The normalized spacial score (nSPS) is 18.4. The zero-order chi connectivity index (χ0) is 26.8. The van der Waals surface area contributed by atoms with Crippen LogP contribution in [0.1, 0.15) is 48.7 Å². The summed E-state index contributed by atoms with van der Waals surface area (Å²) in [7, 11) is -3.48. The first-order chi connectivity index (χ1) is 17.4. The zero-order valence-corrected chi connectivity index (χ0v) is 21.5. The third-order valence-corrected chi connectivity index (χ3v) is 7.75. The van der Waals surface area contributed by atoms with Crippen LogP contribution in [0, 0.1) is 0 Å². The van der Waals surface area contributed by atoms with Crippen LogP contribution in [0.4, 0.5) is 24.5 Å². The lowest BCUT2D eigenvalue weighted by molar-refractivity contribution is -0.140. The largest absolute Gasteiger partial charge is 0.433 e. The van der Waals surface area contributed by atoms with Crippen LogP contribution in [0.25, 0.3) is 10.9 Å². The number of anilines is 2. The molecule has 3 N–H and O–H groups in total. The summed E-state index contributed by atoms with van der Waals surface area (Å²) in [6.07, 6.45) is -1.92. The van der Waals surface area contributed by atoms with Gasteiger partial charge in [0, 0.05) is 39.4 Å². The molecule has 0 aliphatic heterocycles. The van der Waals surface area contributed by atoms with E-state index in [0.717, 1.165) is 12.5 Å². The topological polar surface area (TPSA) is 100 Å². The molecule has 1 aliphatic rings. The van der Waals surface area contributed by atoms with Gasteiger partial charge in [0.2, 0.25) is 10.0 Å². The second-order valence-electron chi connectivity index (χ2n) is 8.98. The molecule has 1 saturated carbocycles. The summed E-state index contributed by atoms with van der Waals surface area (Å²) in [6, 6.07) is 11.3. The first-order valence-corrected chi connectivity index (χ1v) is 13.8. The number of amides is 1. The first kappa shape index (κ1) is 27.0. The van der Waals surface area contributed by atoms with Crippen LogP contribution < -0.4 is 15.4 Å². The van der Waals surface area contributed by atoms with Gasteiger partial charge >= 0.3 is 6.18 Å². The summed E-state index contributed by atoms with van der Waals surface area (Å²) in [5.74, 6) is -0.452. The van der Waals surface area contributed by atoms with E-state index in [0.29, 0.717) is 40.9 Å². The Kier molecular flexibility index (Phi) is 7.84. The van der Waals surface area contributed by atoms with Crippen molar-refractivity contribution < 1.29 is 26.4 Å². The first-order valence-electron chi connectivity index (χ1n) is 11.8. The second-order valence-corrected chi connectivity index (χ2v) is 11.4. The van der Waals surface area contributed by atoms with E-state index < -0.39 is 21.9 Å². The van der Waals surface area contributed by atoms with Crippen molar-refractivity contribution in [3.05, 3.63) is 64.8 Å². The van der Waals surface area contributed by atoms with Gasteiger partial charge in [-0.15, -0.1) is 0 Å². The minimum absolute atomic E-state index is 0.0939. The highest BCUT2D eigenvalue weighted by atomic mass is 35.5. The number of rotatable bonds is 7. The van der Waals surface area contributed by atoms with Crippen LogP contribution in [-0.4, -0.2) is 37.1 Å². The number of sulfonamides is 1. The Balaban J connectivity index is 1.49. The van der Waals surface area contributed by atoms with Crippen LogP contribution in [0.3, 0.4) is 0 Å². The lowest BCUT2D eigenvalue weighted by Crippen LogP contribution is -2.41. The molecule has 3 aromatic rings. The van der Waals surface area contributed by atoms with Crippen molar-refractivity contribution in [2.45, 2.75) is 50.9 Å². The Morgan fingerprint density at radius 1 is 1.11 bits per heavy atom. The molecule has 2 aromatic carbocycles. The number of fused-ring (bicyclic) bond motifs is 1. The molecule has 2 atom stereocenters. The second kappa shape index (κ2) is 10.7. The van der Waals surface area contributed by atoms with E-state index in [4.69, 9.17) is 11.6 Å². The Hall–Kier alpha value is -3.05. The van der Waals surface area contributed by atoms with Crippen molar-refractivity contribution in [3.8, 4) is 0 Å². The summed E-state index contributed by atoms with van der Waals surface area (Å²) in [6.45, 7) is 1.51. The molecular formula is C25H26ClF3N4O3S. The number of carbonyl (C=O) groups excluding carboxylic acids is 1. The van der Waals surface area contributed by atoms with Crippen LogP contribution in [0.15, 0.2) is 48.5 Å². The van der Waals surface area contributed by atoms with E-state index in [1.165, 1.54) is 25.1 Å². The van der Waals surface area contributed by atoms with Gasteiger partial charge in [0.25, 0.3) is 5.91 Å². The monoisotopic (exact) mass is 554 g/mol. The van der Waals surface area contributed by atoms with Crippen molar-refractivity contribution >= 4 is 49.8 Å². The molecule has 1 heterocycles. The third kappa shape index (κ3) is 6.84. The predicted molar refractivity (Wildman–Crippen MR) is 138 cm³/mol. The smallest absolute Gasteiger partial charge is 0.382 e. The quantitative estimate of drug-likeness (QED) is 0.342. The highest BCUT2D eigenvalue weighted by molar-refractivity contribution is 7.92. The Morgan fingerprint density at radius 3 is 2.59 bits per heavy atom. The van der Waals surface area contributed by atoms with E-state index >= 15 is 0 Å². The zero-order valence-electron chi connectivity index (χ0n) is 19.9. The number of benzene rings is 2. The van der Waals surface area contributed by atoms with Gasteiger partial charge < -0.3 is 10.6 Å². The minimum Gasteiger partial charge on any atom is -0.382 e. The van der Waals surface area contributed by atoms with Gasteiger partial charge in [-0.3, -0.25) is 9.52 Å². The summed E-state index contributed by atoms with van der Waals surface area (Å²) in [4.78, 5) is 16.6. The molecule has 1 aliphatic carbocycles. The molecule has 12 heteroatoms. The van der Waals surface area contributed by atoms with Crippen LogP contribution in [0.5, 0.6) is 0 Å². The maximum absolute atomic E-state index is 13.5. The van der Waals surface area contributed by atoms with Gasteiger partial charge in [0.15, 0.2) is 0 Å². The molecule has 37 heavy (non-hydrogen) atoms. The lowest BCUT2D eigenvalue weighted by atomic mass is 9.90. The number of hydrogen-bond acceptors (Lipinski definition) is 5. The van der Waals surface area contributed by atoms with Crippen LogP contribution in [-0.2, 0) is 16.2 Å². The molecule has 1 aromatic heterocycles. The molecule has 0 saturated heterocycles. The molecule has 0 radical (unpaired) electrons. The van der Waals surface area contributed by atoms with Gasteiger partial charge in [-0.05, 0) is 75.1 Å². The molecule has 7 nitrogen and oxygen atoms in total. The highest BCUT2D eigenvalue weighted by Gasteiger charge is 2.34. The fourth-order valence-electron chi connectivity index (χ4n) is 4.38. The highest BCUT2D eigenvalue weighted by Crippen LogP contribution is 2.35. The number of nitrogens with zero attached hydrogens (tertiary/aromatic N) is 1. The number of carbonyl (C=O) groups is 1. The lowest BCUT2D eigenvalue weighted by Gasteiger charge is -2.31. The average Bonchev–Trinajstić information content (AvgIpc) is 2.84. The molecule has 0 spiro atoms. The fourth-order valence-corrected chi connectivity index (χ4v) is 5.18. The molecule has 1 unspecified atom stereocenters. The van der Waals surface area contributed by atoms with Crippen molar-refractivity contribution in [1.29, 1.82) is 0 Å². The Labute approximate surface area is 217 Å². The van der Waals surface area contributed by atoms with Gasteiger partial charge in [-0.25, -0.2) is 13.4 Å². The molecule has 4 rings (SSSR count). The molecule has 198 valence electrons. The third-order valence-electron chi connectivity index (χ3n) is 6.21. The molecular weight excluding hydrogens is 529 g/mol. The maximum Gasteiger partial charge on any atom is 0.433 e. The summed E-state index contributed by atoms with van der Waals surface area (Å²) in [5.41, 5.74) is 0.0649. The van der Waals surface area contributed by atoms with E-state index in [1.807, 2.05) is 0 Å². The number of hydrogen-bond donors (Lipinski definition) is 3. The number of aromatic nitrogens is 1. The van der Waals surface area contributed by atoms with E-state index in [1.54, 1.807) is 24.3 Å². The van der Waals surface area contributed by atoms with Crippen molar-refractivity contribution in [2.75, 3.05) is 15.8 Å². The van der Waals surface area contributed by atoms with Crippen LogP contribution in [0.2, 0.25) is 5.02 Å². The Bertz CT molecular complexity index is 1420. The molecule has 1 fully saturated rings. The van der Waals surface area contributed by atoms with Gasteiger partial charge in [-0.1, -0.05) is 17.7 Å². The fraction of sp³-hybridized carbons (Fsp3) is 0.360. The van der Waals surface area contributed by atoms with E-state index in [2.05, 4.69) is 20.3 Å². The van der Waals surface area contributed by atoms with Gasteiger partial charge in [0.05, 0.1) is 11.3 Å². The van der Waals surface area contributed by atoms with Gasteiger partial charge in [-0.2, -0.15) is 13.2 Å². The Morgan fingerprint density at radius 2 is 1.86 bits per heavy atom. The predicted octanol–water partition coefficient (Wildman–Crippen LogP) is 5.82. The average molecular weight is 555 g/mol. The van der Waals surface area contributed by atoms with E-state index in [9.17, 15) is 26.4 Å². The SMILES string of the molecule is CCS(=O)(=O)Nc1cccc(C(=O)NC2CCC[C@H](Nc3cc(C(F)(F)F)nc4ccc(Cl)cc34)C2)c1. The summed E-state index contributed by atoms with van der Waals surface area (Å²) < 4.78 is 66.5. The van der Waals surface area contributed by atoms with E-state index in [-0.39, 0.29) is 34.9 Å². The standard InChI is InChI=1S/C25H26ClF3N4O3S/c1-2-37(35,36)33-19-8-3-5-15(11-19)24(34)31-18-7-4-6-17(13-18)30-22-14-23(25(27,28)29)32-21-10-9-16(26)12-20(21)22/h3,5,8-12,14,17-18,33H,2,4,6-7,13H2,1H3,(H,30,32)(H,31,34)/t17-,18?/m0/s1.